The first kappa shape index (κ1) is 36.4. The summed E-state index contributed by atoms with van der Waals surface area (Å²) in [4.78, 5) is 73.0. The number of carbonyl (C=O) groups is 6. The number of esters is 3. The Morgan fingerprint density at radius 1 is 0.679 bits per heavy atom. The van der Waals surface area contributed by atoms with Gasteiger partial charge in [-0.25, -0.2) is 14.6 Å². The second kappa shape index (κ2) is 15.2. The molecule has 11 rings (SSSR count). The number of hydrogen-bond acceptors (Lipinski definition) is 10. The Labute approximate surface area is 307 Å². The van der Waals surface area contributed by atoms with Crippen molar-refractivity contribution in [2.75, 3.05) is 0 Å². The van der Waals surface area contributed by atoms with Crippen LogP contribution in [0, 0.1) is 35.5 Å². The van der Waals surface area contributed by atoms with Crippen LogP contribution in [0.15, 0.2) is 67.3 Å². The maximum absolute atomic E-state index is 12.5. The van der Waals surface area contributed by atoms with E-state index in [4.69, 9.17) is 14.2 Å². The van der Waals surface area contributed by atoms with Crippen LogP contribution >= 0.6 is 0 Å². The van der Waals surface area contributed by atoms with E-state index >= 15 is 0 Å². The number of ketones is 2. The van der Waals surface area contributed by atoms with Crippen molar-refractivity contribution in [3.8, 4) is 0 Å². The summed E-state index contributed by atoms with van der Waals surface area (Å²) in [5.41, 5.74) is 2.14. The van der Waals surface area contributed by atoms with Crippen molar-refractivity contribution in [2.45, 2.75) is 89.6 Å². The van der Waals surface area contributed by atoms with E-state index in [9.17, 15) is 33.9 Å². The zero-order chi connectivity index (χ0) is 37.4. The highest BCUT2D eigenvalue weighted by Crippen LogP contribution is 2.49. The van der Waals surface area contributed by atoms with E-state index in [2.05, 4.69) is 4.98 Å². The number of imidazole rings is 1. The molecule has 10 atom stereocenters. The smallest absolute Gasteiger partial charge is 0.345 e. The van der Waals surface area contributed by atoms with Crippen LogP contribution in [0.1, 0.15) is 107 Å². The first-order valence-electron chi connectivity index (χ1n) is 18.5. The third kappa shape index (κ3) is 7.88. The molecule has 53 heavy (non-hydrogen) atoms. The van der Waals surface area contributed by atoms with E-state index in [-0.39, 0.29) is 71.6 Å². The van der Waals surface area contributed by atoms with Crippen LogP contribution in [0.2, 0.25) is 0 Å². The van der Waals surface area contributed by atoms with Gasteiger partial charge >= 0.3 is 23.8 Å². The number of nitrogens with one attached hydrogen (secondary N) is 1. The Bertz CT molecular complexity index is 1870. The fraction of sp³-hybridized carbons (Fsp3) is 0.488. The molecule has 1 aromatic heterocycles. The zero-order valence-electron chi connectivity index (χ0n) is 29.8. The highest BCUT2D eigenvalue weighted by atomic mass is 16.6. The summed E-state index contributed by atoms with van der Waals surface area (Å²) >= 11 is 0. The number of fused-ring (bicyclic) bond motifs is 2. The minimum atomic E-state index is -0.418. The third-order valence-corrected chi connectivity index (χ3v) is 11.8. The van der Waals surface area contributed by atoms with Gasteiger partial charge in [0.15, 0.2) is 11.6 Å². The van der Waals surface area contributed by atoms with Crippen molar-refractivity contribution < 1.29 is 53.1 Å². The van der Waals surface area contributed by atoms with Gasteiger partial charge in [0.2, 0.25) is 6.33 Å². The molecule has 278 valence electrons. The fourth-order valence-electron chi connectivity index (χ4n) is 9.17. The predicted octanol–water partition coefficient (Wildman–Crippen LogP) is 4.68. The van der Waals surface area contributed by atoms with Crippen LogP contribution in [-0.2, 0) is 23.8 Å². The van der Waals surface area contributed by atoms with Gasteiger partial charge < -0.3 is 19.3 Å². The van der Waals surface area contributed by atoms with Crippen LogP contribution in [0.25, 0.3) is 0 Å². The van der Waals surface area contributed by atoms with Gasteiger partial charge in [-0.2, -0.15) is 4.57 Å². The number of aromatic nitrogens is 2. The normalized spacial score (nSPS) is 31.4. The molecule has 0 spiro atoms. The summed E-state index contributed by atoms with van der Waals surface area (Å²) in [6.45, 7) is 2.98. The number of Topliss-reactive ketones (excluding diaryl/α,β-unsaturated/α-hetero) is 2. The molecule has 8 fully saturated rings. The van der Waals surface area contributed by atoms with Crippen molar-refractivity contribution in [3.05, 3.63) is 89.5 Å². The monoisotopic (exact) mass is 725 g/mol. The average Bonchev–Trinajstić information content (AvgIpc) is 3.59. The van der Waals surface area contributed by atoms with Crippen LogP contribution in [0.5, 0.6) is 0 Å². The van der Waals surface area contributed by atoms with Gasteiger partial charge in [-0.05, 0) is 107 Å². The summed E-state index contributed by atoms with van der Waals surface area (Å²) in [6, 6.07) is 13.1. The Balaban J connectivity index is 0.000000130. The van der Waals surface area contributed by atoms with Gasteiger partial charge in [0.05, 0.1) is 29.1 Å². The third-order valence-electron chi connectivity index (χ3n) is 11.8. The fourth-order valence-corrected chi connectivity index (χ4v) is 9.17. The lowest BCUT2D eigenvalue weighted by Crippen LogP contribution is -2.45. The number of nitrogens with zero attached hydrogens (tertiary/aromatic N) is 1. The number of aliphatic hydroxyl groups excluding tert-OH is 1. The van der Waals surface area contributed by atoms with Crippen molar-refractivity contribution in [1.82, 2.24) is 4.57 Å². The molecule has 8 bridgehead atoms. The molecule has 2 aromatic carbocycles. The van der Waals surface area contributed by atoms with E-state index in [1.165, 1.54) is 18.4 Å². The first-order valence-corrected chi connectivity index (χ1v) is 18.5. The number of hydrogen-bond donors (Lipinski definition) is 1. The number of H-pyrrole nitrogens is 1. The molecule has 0 amide bonds. The molecule has 0 radical (unpaired) electrons. The van der Waals surface area contributed by atoms with Crippen molar-refractivity contribution in [1.29, 1.82) is 0 Å². The quantitative estimate of drug-likeness (QED) is 0.222. The Hall–Kier alpha value is -4.97. The lowest BCUT2D eigenvalue weighted by molar-refractivity contribution is -0.376. The molecule has 2 N–H and O–H groups in total. The summed E-state index contributed by atoms with van der Waals surface area (Å²) in [5.74, 6) is 0.947. The summed E-state index contributed by atoms with van der Waals surface area (Å²) in [7, 11) is 0. The van der Waals surface area contributed by atoms with E-state index < -0.39 is 5.97 Å². The van der Waals surface area contributed by atoms with Gasteiger partial charge in [-0.1, -0.05) is 24.3 Å². The summed E-state index contributed by atoms with van der Waals surface area (Å²) in [6.07, 6.45) is 11.0. The molecule has 3 aromatic rings. The van der Waals surface area contributed by atoms with Crippen LogP contribution in [-0.4, -0.2) is 69.5 Å². The van der Waals surface area contributed by atoms with E-state index in [0.29, 0.717) is 40.0 Å². The first-order chi connectivity index (χ1) is 25.4. The molecule has 10 unspecified atom stereocenters. The van der Waals surface area contributed by atoms with Crippen LogP contribution in [0.3, 0.4) is 0 Å². The minimum absolute atomic E-state index is 0.00621. The van der Waals surface area contributed by atoms with Gasteiger partial charge in [0.1, 0.15) is 30.7 Å². The van der Waals surface area contributed by atoms with Gasteiger partial charge in [-0.3, -0.25) is 19.2 Å². The SMILES string of the molecule is CC(=O)c1ccc(C(=O)OC2C3CC4CC(C3)C(=O)OC2C4)cc1.CC(=O)c1ccc(C(=O)n2cc[nH+]c2)cc1.O=C1OC2CC3CC1CC(C3)C2O. The maximum atomic E-state index is 12.5. The van der Waals surface area contributed by atoms with Crippen molar-refractivity contribution >= 4 is 35.4 Å². The van der Waals surface area contributed by atoms with Crippen LogP contribution in [0.4, 0.5) is 0 Å². The second-order valence-electron chi connectivity index (χ2n) is 15.4. The molecule has 12 heteroatoms. The van der Waals surface area contributed by atoms with Gasteiger partial charge in [0.25, 0.3) is 0 Å². The zero-order valence-corrected chi connectivity index (χ0v) is 29.8. The highest BCUT2D eigenvalue weighted by molar-refractivity contribution is 5.98. The topological polar surface area (TPSA) is 169 Å². The van der Waals surface area contributed by atoms with E-state index in [1.54, 1.807) is 67.3 Å². The Kier molecular flexibility index (Phi) is 10.4. The molecule has 12 nitrogen and oxygen atoms in total. The average molecular weight is 726 g/mol. The van der Waals surface area contributed by atoms with Gasteiger partial charge in [-0.15, -0.1) is 0 Å². The summed E-state index contributed by atoms with van der Waals surface area (Å²) < 4.78 is 18.0. The van der Waals surface area contributed by atoms with Crippen molar-refractivity contribution in [2.24, 2.45) is 35.5 Å². The number of aliphatic hydroxyl groups is 1. The molecule has 4 aliphatic heterocycles. The second-order valence-corrected chi connectivity index (χ2v) is 15.4. The standard InChI is InChI=1S/C19H20O5.C12H10N2O2.C10H14O3/c1-10(20)12-2-4-13(5-3-12)18(21)24-17-14-6-11-7-15(9-14)19(22)23-16(17)8-11;1-9(15)10-2-4-11(5-3-10)12(16)14-7-6-13-8-14;11-9-6-1-5-2-7(4-6)10(12)13-8(9)3-5/h2-5,11,14-17H,6-9H2,1H3;2-8H,1H3;5-9,11H,1-4H2/p+1. The molecular weight excluding hydrogens is 680 g/mol. The maximum Gasteiger partial charge on any atom is 0.345 e. The van der Waals surface area contributed by atoms with E-state index in [0.717, 1.165) is 51.4 Å². The molecular formula is C41H45N2O10+. The number of carbonyl (C=O) groups excluding carboxylic acids is 6. The largest absolute Gasteiger partial charge is 0.459 e. The van der Waals surface area contributed by atoms with Crippen LogP contribution < -0.4 is 4.98 Å². The molecule has 5 heterocycles. The number of aromatic amines is 1. The number of benzene rings is 2. The lowest BCUT2D eigenvalue weighted by Gasteiger charge is -2.41. The molecule has 4 saturated heterocycles. The van der Waals surface area contributed by atoms with Crippen molar-refractivity contribution in [3.63, 3.8) is 0 Å². The number of ether oxygens (including phenoxy) is 3. The predicted molar refractivity (Wildman–Crippen MR) is 186 cm³/mol. The van der Waals surface area contributed by atoms with Gasteiger partial charge in [0, 0.05) is 17.0 Å². The highest BCUT2D eigenvalue weighted by Gasteiger charge is 2.52. The molecule has 4 aliphatic carbocycles. The summed E-state index contributed by atoms with van der Waals surface area (Å²) in [5, 5.41) is 9.85. The molecule has 4 saturated carbocycles. The van der Waals surface area contributed by atoms with E-state index in [1.807, 2.05) is 0 Å². The Morgan fingerprint density at radius 3 is 1.75 bits per heavy atom. The number of rotatable bonds is 5. The minimum Gasteiger partial charge on any atom is -0.459 e. The molecule has 8 aliphatic rings. The lowest BCUT2D eigenvalue weighted by atomic mass is 9.67. The Morgan fingerprint density at radius 2 is 1.19 bits per heavy atom.